The van der Waals surface area contributed by atoms with Crippen molar-refractivity contribution in [2.75, 3.05) is 44.2 Å². The van der Waals surface area contributed by atoms with Crippen molar-refractivity contribution in [3.8, 4) is 0 Å². The van der Waals surface area contributed by atoms with Gasteiger partial charge in [-0.15, -0.1) is 0 Å². The molecule has 2 aliphatic rings. The molecule has 0 N–H and O–H groups in total. The Balaban J connectivity index is 1.57. The zero-order valence-electron chi connectivity index (χ0n) is 16.6. The molecule has 1 aromatic heterocycles. The molecule has 2 fully saturated rings. The van der Waals surface area contributed by atoms with Gasteiger partial charge < -0.3 is 9.80 Å². The first-order chi connectivity index (χ1) is 12.6. The molecule has 0 unspecified atom stereocenters. The smallest absolute Gasteiger partial charge is 0.219 e. The molecule has 0 aliphatic carbocycles. The molecule has 0 spiro atoms. The lowest BCUT2D eigenvalue weighted by Gasteiger charge is -2.38. The Kier molecular flexibility index (Phi) is 6.46. The molecule has 0 bridgehead atoms. The van der Waals surface area contributed by atoms with E-state index in [2.05, 4.69) is 32.8 Å². The molecule has 2 aliphatic heterocycles. The highest BCUT2D eigenvalue weighted by Crippen LogP contribution is 2.23. The fraction of sp³-hybridized carbons (Fsp3) is 0.750. The summed E-state index contributed by atoms with van der Waals surface area (Å²) in [6, 6.07) is 2.81. The summed E-state index contributed by atoms with van der Waals surface area (Å²) in [5.74, 6) is 2.19. The maximum atomic E-state index is 11.6. The summed E-state index contributed by atoms with van der Waals surface area (Å²) in [6.45, 7) is 11.9. The molecule has 6 heteroatoms. The van der Waals surface area contributed by atoms with Crippen LogP contribution in [0, 0.1) is 6.92 Å². The molecular formula is C20H33N5O. The van der Waals surface area contributed by atoms with Crippen LogP contribution in [-0.2, 0) is 11.2 Å². The average Bonchev–Trinajstić information content (AvgIpc) is 2.88. The van der Waals surface area contributed by atoms with Gasteiger partial charge in [-0.2, -0.15) is 0 Å². The van der Waals surface area contributed by atoms with Crippen LogP contribution in [0.5, 0.6) is 0 Å². The van der Waals surface area contributed by atoms with Gasteiger partial charge in [0.05, 0.1) is 0 Å². The van der Waals surface area contributed by atoms with E-state index < -0.39 is 0 Å². The van der Waals surface area contributed by atoms with Crippen molar-refractivity contribution in [1.82, 2.24) is 19.8 Å². The SMILES string of the molecule is CCCc1cc(N2CCC(N3CCCN(C(C)=O)CC3)CC2)nc(C)n1. The van der Waals surface area contributed by atoms with E-state index in [1.165, 1.54) is 12.8 Å². The number of hydrogen-bond donors (Lipinski definition) is 0. The molecule has 0 atom stereocenters. The molecular weight excluding hydrogens is 326 g/mol. The van der Waals surface area contributed by atoms with E-state index in [1.54, 1.807) is 6.92 Å². The van der Waals surface area contributed by atoms with Crippen molar-refractivity contribution in [2.45, 2.75) is 58.9 Å². The fourth-order valence-electron chi connectivity index (χ4n) is 4.24. The summed E-state index contributed by atoms with van der Waals surface area (Å²) >= 11 is 0. The third kappa shape index (κ3) is 4.72. The van der Waals surface area contributed by atoms with Crippen LogP contribution in [0.4, 0.5) is 5.82 Å². The summed E-state index contributed by atoms with van der Waals surface area (Å²) < 4.78 is 0. The van der Waals surface area contributed by atoms with Gasteiger partial charge in [0, 0.05) is 64.0 Å². The summed E-state index contributed by atoms with van der Waals surface area (Å²) in [6.07, 6.45) is 5.57. The van der Waals surface area contributed by atoms with Gasteiger partial charge >= 0.3 is 0 Å². The number of carbonyl (C=O) groups is 1. The largest absolute Gasteiger partial charge is 0.356 e. The van der Waals surface area contributed by atoms with E-state index >= 15 is 0 Å². The zero-order valence-corrected chi connectivity index (χ0v) is 16.6. The molecule has 26 heavy (non-hydrogen) atoms. The van der Waals surface area contributed by atoms with Crippen molar-refractivity contribution in [2.24, 2.45) is 0 Å². The van der Waals surface area contributed by atoms with Crippen molar-refractivity contribution < 1.29 is 4.79 Å². The molecule has 0 radical (unpaired) electrons. The van der Waals surface area contributed by atoms with E-state index in [0.717, 1.165) is 75.9 Å². The summed E-state index contributed by atoms with van der Waals surface area (Å²) in [5, 5.41) is 0. The summed E-state index contributed by atoms with van der Waals surface area (Å²) in [7, 11) is 0. The standard InChI is InChI=1S/C20H33N5O/c1-4-6-18-15-20(22-16(2)21-18)25-11-7-19(8-12-25)24-10-5-9-23(13-14-24)17(3)26/h15,19H,4-14H2,1-3H3. The van der Waals surface area contributed by atoms with E-state index in [1.807, 2.05) is 11.8 Å². The lowest BCUT2D eigenvalue weighted by Crippen LogP contribution is -2.46. The van der Waals surface area contributed by atoms with Gasteiger partial charge in [0.25, 0.3) is 0 Å². The first-order valence-electron chi connectivity index (χ1n) is 10.2. The van der Waals surface area contributed by atoms with Gasteiger partial charge in [-0.05, 0) is 32.6 Å². The number of amides is 1. The number of hydrogen-bond acceptors (Lipinski definition) is 5. The predicted octanol–water partition coefficient (Wildman–Crippen LogP) is 2.26. The van der Waals surface area contributed by atoms with E-state index in [-0.39, 0.29) is 5.91 Å². The van der Waals surface area contributed by atoms with Gasteiger partial charge in [0.2, 0.25) is 5.91 Å². The number of aromatic nitrogens is 2. The third-order valence-corrected chi connectivity index (χ3v) is 5.66. The minimum atomic E-state index is 0.212. The third-order valence-electron chi connectivity index (χ3n) is 5.66. The molecule has 3 heterocycles. The number of nitrogens with zero attached hydrogens (tertiary/aromatic N) is 5. The Morgan fingerprint density at radius 1 is 1.12 bits per heavy atom. The van der Waals surface area contributed by atoms with Crippen LogP contribution >= 0.6 is 0 Å². The van der Waals surface area contributed by atoms with Crippen LogP contribution in [0.3, 0.4) is 0 Å². The van der Waals surface area contributed by atoms with Crippen molar-refractivity contribution in [3.05, 3.63) is 17.6 Å². The predicted molar refractivity (Wildman–Crippen MR) is 104 cm³/mol. The van der Waals surface area contributed by atoms with Crippen molar-refractivity contribution in [1.29, 1.82) is 0 Å². The topological polar surface area (TPSA) is 52.6 Å². The number of aryl methyl sites for hydroxylation is 2. The molecule has 6 nitrogen and oxygen atoms in total. The molecule has 2 saturated heterocycles. The first kappa shape index (κ1) is 19.1. The van der Waals surface area contributed by atoms with Crippen molar-refractivity contribution >= 4 is 11.7 Å². The van der Waals surface area contributed by atoms with Crippen LogP contribution in [0.2, 0.25) is 0 Å². The molecule has 3 rings (SSSR count). The lowest BCUT2D eigenvalue weighted by atomic mass is 10.0. The van der Waals surface area contributed by atoms with Crippen LogP contribution in [-0.4, -0.2) is 71.0 Å². The minimum Gasteiger partial charge on any atom is -0.356 e. The van der Waals surface area contributed by atoms with Gasteiger partial charge in [-0.1, -0.05) is 13.3 Å². The van der Waals surface area contributed by atoms with Crippen molar-refractivity contribution in [3.63, 3.8) is 0 Å². The summed E-state index contributed by atoms with van der Waals surface area (Å²) in [4.78, 5) is 27.9. The molecule has 1 aromatic rings. The quantitative estimate of drug-likeness (QED) is 0.825. The fourth-order valence-corrected chi connectivity index (χ4v) is 4.24. The Bertz CT molecular complexity index is 612. The van der Waals surface area contributed by atoms with E-state index in [9.17, 15) is 4.79 Å². The van der Waals surface area contributed by atoms with Crippen LogP contribution in [0.25, 0.3) is 0 Å². The average molecular weight is 360 g/mol. The minimum absolute atomic E-state index is 0.212. The van der Waals surface area contributed by atoms with Crippen LogP contribution in [0.15, 0.2) is 6.07 Å². The second-order valence-corrected chi connectivity index (χ2v) is 7.63. The van der Waals surface area contributed by atoms with E-state index in [0.29, 0.717) is 6.04 Å². The van der Waals surface area contributed by atoms with Gasteiger partial charge in [0.1, 0.15) is 11.6 Å². The van der Waals surface area contributed by atoms with Crippen LogP contribution < -0.4 is 4.90 Å². The number of rotatable bonds is 4. The maximum Gasteiger partial charge on any atom is 0.219 e. The second-order valence-electron chi connectivity index (χ2n) is 7.63. The summed E-state index contributed by atoms with van der Waals surface area (Å²) in [5.41, 5.74) is 1.16. The molecule has 1 amide bonds. The maximum absolute atomic E-state index is 11.6. The second kappa shape index (κ2) is 8.80. The highest BCUT2D eigenvalue weighted by atomic mass is 16.2. The number of carbonyl (C=O) groups excluding carboxylic acids is 1. The zero-order chi connectivity index (χ0) is 18.5. The highest BCUT2D eigenvalue weighted by Gasteiger charge is 2.27. The highest BCUT2D eigenvalue weighted by molar-refractivity contribution is 5.73. The molecule has 0 aromatic carbocycles. The van der Waals surface area contributed by atoms with Gasteiger partial charge in [-0.25, -0.2) is 9.97 Å². The first-order valence-corrected chi connectivity index (χ1v) is 10.2. The Hall–Kier alpha value is -1.69. The Labute approximate surface area is 157 Å². The van der Waals surface area contributed by atoms with E-state index in [4.69, 9.17) is 0 Å². The Morgan fingerprint density at radius 2 is 1.88 bits per heavy atom. The Morgan fingerprint density at radius 3 is 2.58 bits per heavy atom. The number of anilines is 1. The molecule has 0 saturated carbocycles. The molecule has 144 valence electrons. The lowest BCUT2D eigenvalue weighted by molar-refractivity contribution is -0.128. The van der Waals surface area contributed by atoms with Crippen LogP contribution in [0.1, 0.15) is 51.0 Å². The normalized spacial score (nSPS) is 20.3. The van der Waals surface area contributed by atoms with Gasteiger partial charge in [0.15, 0.2) is 0 Å². The number of piperidine rings is 1. The monoisotopic (exact) mass is 359 g/mol. The van der Waals surface area contributed by atoms with Gasteiger partial charge in [-0.3, -0.25) is 9.69 Å².